The minimum atomic E-state index is -4.19. The lowest BCUT2D eigenvalue weighted by Gasteiger charge is -2.13. The highest BCUT2D eigenvalue weighted by Crippen LogP contribution is 2.31. The highest BCUT2D eigenvalue weighted by molar-refractivity contribution is 8.00. The Hall–Kier alpha value is -0.600. The zero-order chi connectivity index (χ0) is 17.5. The van der Waals surface area contributed by atoms with Crippen LogP contribution in [-0.4, -0.2) is 28.2 Å². The molecule has 0 aliphatic rings. The van der Waals surface area contributed by atoms with Gasteiger partial charge in [-0.3, -0.25) is 0 Å². The molecule has 0 saturated heterocycles. The van der Waals surface area contributed by atoms with E-state index in [2.05, 4.69) is 0 Å². The smallest absolute Gasteiger partial charge is 0.441 e. The fourth-order valence-electron chi connectivity index (χ4n) is 1.90. The minimum Gasteiger partial charge on any atom is -0.611 e. The third-order valence-corrected chi connectivity index (χ3v) is 5.32. The Bertz CT molecular complexity index is 495. The maximum absolute atomic E-state index is 13.8. The van der Waals surface area contributed by atoms with Crippen LogP contribution in [0.1, 0.15) is 31.7 Å². The second kappa shape index (κ2) is 9.64. The van der Waals surface area contributed by atoms with Gasteiger partial charge in [0.1, 0.15) is 5.75 Å². The third-order valence-electron chi connectivity index (χ3n) is 3.05. The topological polar surface area (TPSA) is 32.3 Å². The zero-order valence-electron chi connectivity index (χ0n) is 13.0. The molecule has 1 rings (SSSR count). The molecule has 1 atom stereocenters. The number of rotatable bonds is 9. The summed E-state index contributed by atoms with van der Waals surface area (Å²) in [6, 6.07) is 2.74. The first-order valence-electron chi connectivity index (χ1n) is 7.26. The lowest BCUT2D eigenvalue weighted by Crippen LogP contribution is -2.08. The maximum atomic E-state index is 13.8. The van der Waals surface area contributed by atoms with Crippen molar-refractivity contribution >= 4 is 22.9 Å². The molecule has 8 heteroatoms. The Morgan fingerprint density at radius 3 is 2.52 bits per heavy atom. The summed E-state index contributed by atoms with van der Waals surface area (Å²) >= 11 is -1.23. The van der Waals surface area contributed by atoms with E-state index in [-0.39, 0.29) is 29.9 Å². The molecule has 1 unspecified atom stereocenters. The molecule has 0 spiro atoms. The van der Waals surface area contributed by atoms with E-state index in [1.54, 1.807) is 13.8 Å². The van der Waals surface area contributed by atoms with Crippen LogP contribution in [0.2, 0.25) is 0 Å². The highest BCUT2D eigenvalue weighted by Gasteiger charge is 2.27. The summed E-state index contributed by atoms with van der Waals surface area (Å²) in [6.45, 7) is 3.68. The number of halogens is 4. The van der Waals surface area contributed by atoms with Crippen LogP contribution >= 0.6 is 11.8 Å². The van der Waals surface area contributed by atoms with Gasteiger partial charge in [0.25, 0.3) is 0 Å². The lowest BCUT2D eigenvalue weighted by molar-refractivity contribution is -0.0328. The number of aryl methyl sites for hydroxylation is 1. The molecule has 0 aliphatic carbocycles. The molecule has 23 heavy (non-hydrogen) atoms. The first-order valence-corrected chi connectivity index (χ1v) is 9.57. The van der Waals surface area contributed by atoms with E-state index in [1.165, 1.54) is 12.1 Å². The molecule has 0 saturated carbocycles. The SMILES string of the molecule is CC[S+]([O-])c1cc(OCCCCCSC(F)(F)F)c(F)cc1C. The van der Waals surface area contributed by atoms with Crippen LogP contribution in [0.5, 0.6) is 5.75 Å². The van der Waals surface area contributed by atoms with Crippen molar-refractivity contribution in [2.24, 2.45) is 0 Å². The molecule has 1 aromatic rings. The van der Waals surface area contributed by atoms with Gasteiger partial charge in [-0.05, 0) is 50.4 Å². The van der Waals surface area contributed by atoms with Gasteiger partial charge >= 0.3 is 5.51 Å². The lowest BCUT2D eigenvalue weighted by atomic mass is 10.2. The van der Waals surface area contributed by atoms with Crippen LogP contribution in [0.3, 0.4) is 0 Å². The van der Waals surface area contributed by atoms with Gasteiger partial charge < -0.3 is 9.29 Å². The molecule has 0 fully saturated rings. The highest BCUT2D eigenvalue weighted by atomic mass is 32.2. The van der Waals surface area contributed by atoms with Gasteiger partial charge in [-0.15, -0.1) is 0 Å². The van der Waals surface area contributed by atoms with Crippen LogP contribution in [0.25, 0.3) is 0 Å². The van der Waals surface area contributed by atoms with Crippen LogP contribution in [0.15, 0.2) is 17.0 Å². The van der Waals surface area contributed by atoms with Crippen molar-refractivity contribution in [1.29, 1.82) is 0 Å². The van der Waals surface area contributed by atoms with E-state index >= 15 is 0 Å². The van der Waals surface area contributed by atoms with E-state index in [0.717, 1.165) is 0 Å². The average molecular weight is 372 g/mol. The quantitative estimate of drug-likeness (QED) is 0.345. The molecule has 0 radical (unpaired) electrons. The molecule has 2 nitrogen and oxygen atoms in total. The van der Waals surface area contributed by atoms with Crippen LogP contribution in [0.4, 0.5) is 17.6 Å². The van der Waals surface area contributed by atoms with Crippen LogP contribution in [-0.2, 0) is 11.2 Å². The van der Waals surface area contributed by atoms with E-state index in [1.807, 2.05) is 0 Å². The largest absolute Gasteiger partial charge is 0.611 e. The first kappa shape index (κ1) is 20.4. The second-order valence-electron chi connectivity index (χ2n) is 4.89. The summed E-state index contributed by atoms with van der Waals surface area (Å²) in [5.41, 5.74) is -3.58. The Morgan fingerprint density at radius 2 is 1.91 bits per heavy atom. The van der Waals surface area contributed by atoms with Crippen molar-refractivity contribution in [3.8, 4) is 5.75 Å². The molecule has 0 N–H and O–H groups in total. The van der Waals surface area contributed by atoms with E-state index in [9.17, 15) is 22.1 Å². The number of thioether (sulfide) groups is 1. The molecule has 0 aromatic heterocycles. The Labute approximate surface area is 141 Å². The molecular weight excluding hydrogens is 352 g/mol. The normalized spacial score (nSPS) is 13.2. The van der Waals surface area contributed by atoms with Gasteiger partial charge in [0.2, 0.25) is 0 Å². The fourth-order valence-corrected chi connectivity index (χ4v) is 3.44. The zero-order valence-corrected chi connectivity index (χ0v) is 14.7. The molecule has 1 aromatic carbocycles. The van der Waals surface area contributed by atoms with Gasteiger partial charge in [-0.1, -0.05) is 11.8 Å². The van der Waals surface area contributed by atoms with Crippen molar-refractivity contribution in [2.45, 2.75) is 43.5 Å². The van der Waals surface area contributed by atoms with E-state index < -0.39 is 22.5 Å². The van der Waals surface area contributed by atoms with Crippen LogP contribution < -0.4 is 4.74 Å². The first-order chi connectivity index (χ1) is 10.7. The second-order valence-corrected chi connectivity index (χ2v) is 7.75. The monoisotopic (exact) mass is 372 g/mol. The number of alkyl halides is 3. The number of ether oxygens (including phenoxy) is 1. The Balaban J connectivity index is 2.40. The van der Waals surface area contributed by atoms with Crippen molar-refractivity contribution in [2.75, 3.05) is 18.1 Å². The van der Waals surface area contributed by atoms with E-state index in [4.69, 9.17) is 4.74 Å². The van der Waals surface area contributed by atoms with Crippen molar-refractivity contribution in [1.82, 2.24) is 0 Å². The predicted octanol–water partition coefficient (Wildman–Crippen LogP) is 5.06. The van der Waals surface area contributed by atoms with Gasteiger partial charge in [0.05, 0.1) is 6.61 Å². The summed E-state index contributed by atoms with van der Waals surface area (Å²) in [6.07, 6.45) is 1.54. The minimum absolute atomic E-state index is 0.0159. The third kappa shape index (κ3) is 7.67. The Kier molecular flexibility index (Phi) is 8.57. The van der Waals surface area contributed by atoms with Gasteiger partial charge in [0.15, 0.2) is 16.5 Å². The summed E-state index contributed by atoms with van der Waals surface area (Å²) in [5.74, 6) is -0.0332. The fraction of sp³-hybridized carbons (Fsp3) is 0.600. The van der Waals surface area contributed by atoms with Gasteiger partial charge in [0, 0.05) is 17.4 Å². The number of unbranched alkanes of at least 4 members (excludes halogenated alkanes) is 2. The molecule has 0 bridgehead atoms. The summed E-state index contributed by atoms with van der Waals surface area (Å²) in [4.78, 5) is 0.547. The standard InChI is InChI=1S/C15H20F4O2S2/c1-3-23(20)14-10-13(12(16)9-11(14)2)21-7-5-4-6-8-22-15(17,18)19/h9-10H,3-8H2,1-2H3. The molecule has 132 valence electrons. The van der Waals surface area contributed by atoms with E-state index in [0.29, 0.717) is 35.5 Å². The molecule has 0 aliphatic heterocycles. The number of hydrogen-bond donors (Lipinski definition) is 0. The molecule has 0 amide bonds. The number of benzene rings is 1. The van der Waals surface area contributed by atoms with Crippen molar-refractivity contribution in [3.63, 3.8) is 0 Å². The number of hydrogen-bond acceptors (Lipinski definition) is 3. The van der Waals surface area contributed by atoms with Crippen LogP contribution in [0, 0.1) is 12.7 Å². The van der Waals surface area contributed by atoms with Gasteiger partial charge in [-0.2, -0.15) is 13.2 Å². The van der Waals surface area contributed by atoms with Crippen molar-refractivity contribution < 1.29 is 26.9 Å². The molecule has 0 heterocycles. The van der Waals surface area contributed by atoms with Crippen molar-refractivity contribution in [3.05, 3.63) is 23.5 Å². The summed E-state index contributed by atoms with van der Waals surface area (Å²) in [5, 5.41) is 0. The average Bonchev–Trinajstić information content (AvgIpc) is 2.46. The maximum Gasteiger partial charge on any atom is 0.441 e. The molecular formula is C15H20F4O2S2. The summed E-state index contributed by atoms with van der Waals surface area (Å²) < 4.78 is 66.8. The predicted molar refractivity (Wildman–Crippen MR) is 85.9 cm³/mol. The Morgan fingerprint density at radius 1 is 1.22 bits per heavy atom. The van der Waals surface area contributed by atoms with Gasteiger partial charge in [-0.25, -0.2) is 4.39 Å². The summed E-state index contributed by atoms with van der Waals surface area (Å²) in [7, 11) is 0.